The fourth-order valence-electron chi connectivity index (χ4n) is 0.848. The molecule has 0 unspecified atom stereocenters. The number of hydrogen-bond donors (Lipinski definition) is 1. The molecule has 1 rings (SSSR count). The van der Waals surface area contributed by atoms with Crippen LogP contribution in [0.15, 0.2) is 22.7 Å². The highest BCUT2D eigenvalue weighted by atomic mass is 79.9. The van der Waals surface area contributed by atoms with E-state index in [2.05, 4.69) is 21.9 Å². The van der Waals surface area contributed by atoms with Gasteiger partial charge in [0, 0.05) is 16.0 Å². The number of benzene rings is 1. The van der Waals surface area contributed by atoms with Gasteiger partial charge in [-0.1, -0.05) is 5.92 Å². The van der Waals surface area contributed by atoms with Crippen LogP contribution in [0.3, 0.4) is 0 Å². The molecule has 0 aromatic heterocycles. The molecule has 0 heterocycles. The molecule has 0 atom stereocenters. The summed E-state index contributed by atoms with van der Waals surface area (Å²) in [5, 5.41) is 8.37. The molecule has 0 saturated carbocycles. The van der Waals surface area contributed by atoms with Gasteiger partial charge in [0.05, 0.1) is 7.11 Å². The van der Waals surface area contributed by atoms with Gasteiger partial charge in [-0.15, -0.1) is 0 Å². The molecule has 72 valence electrons. The highest BCUT2D eigenvalue weighted by Gasteiger charge is 1.99. The standard InChI is InChI=1S/C10H7BrO3/c1-14-8-3-4-9(11)7(6-8)2-5-10(12)13/h3-4,6H,1H3,(H,12,13). The van der Waals surface area contributed by atoms with E-state index in [9.17, 15) is 4.79 Å². The van der Waals surface area contributed by atoms with E-state index in [1.165, 1.54) is 7.11 Å². The highest BCUT2D eigenvalue weighted by molar-refractivity contribution is 9.10. The van der Waals surface area contributed by atoms with Crippen molar-refractivity contribution in [3.63, 3.8) is 0 Å². The van der Waals surface area contributed by atoms with Crippen molar-refractivity contribution in [1.29, 1.82) is 0 Å². The summed E-state index contributed by atoms with van der Waals surface area (Å²) in [7, 11) is 1.54. The summed E-state index contributed by atoms with van der Waals surface area (Å²) >= 11 is 3.26. The Kier molecular flexibility index (Phi) is 3.55. The normalized spacial score (nSPS) is 8.71. The average Bonchev–Trinajstić information content (AvgIpc) is 2.16. The molecule has 0 spiro atoms. The maximum Gasteiger partial charge on any atom is 0.382 e. The number of carboxylic acids is 1. The Bertz CT molecular complexity index is 415. The minimum Gasteiger partial charge on any atom is -0.497 e. The molecule has 0 amide bonds. The second-order valence-corrected chi connectivity index (χ2v) is 3.26. The van der Waals surface area contributed by atoms with E-state index in [0.717, 1.165) is 4.47 Å². The lowest BCUT2D eigenvalue weighted by molar-refractivity contribution is -0.130. The van der Waals surface area contributed by atoms with E-state index in [-0.39, 0.29) is 0 Å². The fraction of sp³-hybridized carbons (Fsp3) is 0.100. The van der Waals surface area contributed by atoms with Crippen LogP contribution in [0.2, 0.25) is 0 Å². The second kappa shape index (κ2) is 4.68. The van der Waals surface area contributed by atoms with Crippen LogP contribution in [0.5, 0.6) is 5.75 Å². The number of rotatable bonds is 1. The number of aliphatic carboxylic acids is 1. The molecule has 0 aliphatic heterocycles. The first kappa shape index (κ1) is 10.6. The van der Waals surface area contributed by atoms with Crippen molar-refractivity contribution in [2.45, 2.75) is 0 Å². The Balaban J connectivity index is 3.08. The van der Waals surface area contributed by atoms with E-state index in [1.54, 1.807) is 18.2 Å². The Morgan fingerprint density at radius 1 is 1.57 bits per heavy atom. The Hall–Kier alpha value is -1.47. The molecule has 1 aromatic rings. The minimum absolute atomic E-state index is 0.590. The lowest BCUT2D eigenvalue weighted by atomic mass is 10.2. The fourth-order valence-corrected chi connectivity index (χ4v) is 1.19. The molecule has 0 saturated heterocycles. The Morgan fingerprint density at radius 2 is 2.29 bits per heavy atom. The van der Waals surface area contributed by atoms with Gasteiger partial charge in [-0.2, -0.15) is 0 Å². The first-order chi connectivity index (χ1) is 6.63. The lowest BCUT2D eigenvalue weighted by Gasteiger charge is -2.00. The van der Waals surface area contributed by atoms with Crippen molar-refractivity contribution in [3.05, 3.63) is 28.2 Å². The molecule has 0 radical (unpaired) electrons. The zero-order chi connectivity index (χ0) is 10.6. The first-order valence-corrected chi connectivity index (χ1v) is 4.51. The van der Waals surface area contributed by atoms with Gasteiger partial charge in [0.1, 0.15) is 5.75 Å². The summed E-state index contributed by atoms with van der Waals surface area (Å²) < 4.78 is 5.72. The summed E-state index contributed by atoms with van der Waals surface area (Å²) in [6, 6.07) is 5.18. The number of hydrogen-bond acceptors (Lipinski definition) is 2. The topological polar surface area (TPSA) is 46.5 Å². The van der Waals surface area contributed by atoms with Crippen molar-refractivity contribution in [3.8, 4) is 17.6 Å². The highest BCUT2D eigenvalue weighted by Crippen LogP contribution is 2.21. The maximum absolute atomic E-state index is 10.2. The molecule has 4 heteroatoms. The zero-order valence-electron chi connectivity index (χ0n) is 7.37. The van der Waals surface area contributed by atoms with Gasteiger partial charge < -0.3 is 9.84 Å². The van der Waals surface area contributed by atoms with Crippen LogP contribution in [-0.2, 0) is 4.79 Å². The predicted molar refractivity (Wildman–Crippen MR) is 55.2 cm³/mol. The van der Waals surface area contributed by atoms with Crippen LogP contribution in [-0.4, -0.2) is 18.2 Å². The molecule has 0 aliphatic carbocycles. The van der Waals surface area contributed by atoms with Crippen LogP contribution in [0.25, 0.3) is 0 Å². The van der Waals surface area contributed by atoms with Gasteiger partial charge in [-0.3, -0.25) is 0 Å². The largest absolute Gasteiger partial charge is 0.497 e. The number of ether oxygens (including phenoxy) is 1. The van der Waals surface area contributed by atoms with Crippen LogP contribution in [0.4, 0.5) is 0 Å². The molecule has 0 fully saturated rings. The van der Waals surface area contributed by atoms with Gasteiger partial charge in [-0.25, -0.2) is 4.79 Å². The molecule has 0 bridgehead atoms. The van der Waals surface area contributed by atoms with E-state index >= 15 is 0 Å². The smallest absolute Gasteiger partial charge is 0.382 e. The molecule has 1 aromatic carbocycles. The van der Waals surface area contributed by atoms with Crippen molar-refractivity contribution >= 4 is 21.9 Å². The van der Waals surface area contributed by atoms with E-state index in [0.29, 0.717) is 11.3 Å². The Morgan fingerprint density at radius 3 is 2.86 bits per heavy atom. The summed E-state index contributed by atoms with van der Waals surface area (Å²) in [5.41, 5.74) is 0.590. The third-order valence-corrected chi connectivity index (χ3v) is 2.17. The Labute approximate surface area is 89.8 Å². The predicted octanol–water partition coefficient (Wildman–Crippen LogP) is 1.89. The molecule has 14 heavy (non-hydrogen) atoms. The van der Waals surface area contributed by atoms with Crippen molar-refractivity contribution in [1.82, 2.24) is 0 Å². The van der Waals surface area contributed by atoms with Crippen LogP contribution >= 0.6 is 15.9 Å². The molecule has 3 nitrogen and oxygen atoms in total. The van der Waals surface area contributed by atoms with Gasteiger partial charge in [0.2, 0.25) is 0 Å². The number of carboxylic acid groups (broad SMARTS) is 1. The van der Waals surface area contributed by atoms with Gasteiger partial charge in [-0.05, 0) is 34.1 Å². The van der Waals surface area contributed by atoms with Gasteiger partial charge >= 0.3 is 5.97 Å². The summed E-state index contributed by atoms with van der Waals surface area (Å²) in [4.78, 5) is 10.2. The number of halogens is 1. The third-order valence-electron chi connectivity index (χ3n) is 1.48. The van der Waals surface area contributed by atoms with Crippen LogP contribution in [0.1, 0.15) is 5.56 Å². The maximum atomic E-state index is 10.2. The van der Waals surface area contributed by atoms with Crippen LogP contribution < -0.4 is 4.74 Å². The quantitative estimate of drug-likeness (QED) is 0.779. The zero-order valence-corrected chi connectivity index (χ0v) is 8.96. The number of methoxy groups -OCH3 is 1. The minimum atomic E-state index is -1.15. The molecular formula is C10H7BrO3. The van der Waals surface area contributed by atoms with Crippen molar-refractivity contribution < 1.29 is 14.6 Å². The van der Waals surface area contributed by atoms with Gasteiger partial charge in [0.15, 0.2) is 0 Å². The van der Waals surface area contributed by atoms with Crippen LogP contribution in [0, 0.1) is 11.8 Å². The second-order valence-electron chi connectivity index (χ2n) is 2.40. The monoisotopic (exact) mass is 254 g/mol. The average molecular weight is 255 g/mol. The lowest BCUT2D eigenvalue weighted by Crippen LogP contribution is -1.89. The molecule has 1 N–H and O–H groups in total. The summed E-state index contributed by atoms with van der Waals surface area (Å²) in [6.07, 6.45) is 0. The van der Waals surface area contributed by atoms with Gasteiger partial charge in [0.25, 0.3) is 0 Å². The van der Waals surface area contributed by atoms with E-state index < -0.39 is 5.97 Å². The third kappa shape index (κ3) is 2.79. The molecular weight excluding hydrogens is 248 g/mol. The summed E-state index contributed by atoms with van der Waals surface area (Å²) in [6.45, 7) is 0. The number of carbonyl (C=O) groups is 1. The molecule has 0 aliphatic rings. The van der Waals surface area contributed by atoms with E-state index in [4.69, 9.17) is 9.84 Å². The van der Waals surface area contributed by atoms with Crippen molar-refractivity contribution in [2.24, 2.45) is 0 Å². The van der Waals surface area contributed by atoms with Crippen molar-refractivity contribution in [2.75, 3.05) is 7.11 Å². The SMILES string of the molecule is COc1ccc(Br)c(C#CC(=O)O)c1. The van der Waals surface area contributed by atoms with E-state index in [1.807, 2.05) is 5.92 Å². The first-order valence-electron chi connectivity index (χ1n) is 3.72. The summed E-state index contributed by atoms with van der Waals surface area (Å²) in [5.74, 6) is 4.03.